The van der Waals surface area contributed by atoms with Gasteiger partial charge < -0.3 is 14.2 Å². The maximum Gasteiger partial charge on any atom is 0.331 e. The molecular formula is C9H21O4PSi. The minimum absolute atomic E-state index is 0.230. The molecule has 0 heterocycles. The molecule has 2 N–H and O–H groups in total. The summed E-state index contributed by atoms with van der Waals surface area (Å²) in [5.41, 5.74) is -0.571. The fourth-order valence-corrected chi connectivity index (χ4v) is 4.52. The van der Waals surface area contributed by atoms with Crippen LogP contribution in [0.5, 0.6) is 0 Å². The summed E-state index contributed by atoms with van der Waals surface area (Å²) in [6.07, 6.45) is 3.08. The Bertz CT molecular complexity index is 257. The molecule has 0 amide bonds. The van der Waals surface area contributed by atoms with Crippen LogP contribution in [-0.2, 0) is 8.99 Å². The van der Waals surface area contributed by atoms with Crippen molar-refractivity contribution in [2.24, 2.45) is 0 Å². The van der Waals surface area contributed by atoms with Gasteiger partial charge >= 0.3 is 7.60 Å². The maximum absolute atomic E-state index is 11.3. The van der Waals surface area contributed by atoms with Crippen LogP contribution in [0.25, 0.3) is 0 Å². The SMILES string of the molecule is C[Si](C)(C)OC1CCCCC1P(=O)(O)O. The van der Waals surface area contributed by atoms with Crippen LogP contribution in [0.4, 0.5) is 0 Å². The molecule has 0 radical (unpaired) electrons. The maximum atomic E-state index is 11.3. The minimum Gasteiger partial charge on any atom is -0.414 e. The van der Waals surface area contributed by atoms with Gasteiger partial charge in [0.2, 0.25) is 0 Å². The van der Waals surface area contributed by atoms with Crippen molar-refractivity contribution in [3.05, 3.63) is 0 Å². The van der Waals surface area contributed by atoms with E-state index < -0.39 is 21.6 Å². The number of rotatable bonds is 3. The van der Waals surface area contributed by atoms with E-state index in [1.807, 2.05) is 0 Å². The second kappa shape index (κ2) is 4.68. The number of hydrogen-bond acceptors (Lipinski definition) is 2. The quantitative estimate of drug-likeness (QED) is 0.597. The molecule has 6 heteroatoms. The van der Waals surface area contributed by atoms with Gasteiger partial charge in [-0.2, -0.15) is 0 Å². The third kappa shape index (κ3) is 4.37. The van der Waals surface area contributed by atoms with Crippen LogP contribution in [0.3, 0.4) is 0 Å². The first-order chi connectivity index (χ1) is 6.70. The highest BCUT2D eigenvalue weighted by molar-refractivity contribution is 7.52. The fraction of sp³-hybridized carbons (Fsp3) is 1.00. The van der Waals surface area contributed by atoms with Crippen molar-refractivity contribution in [2.45, 2.75) is 57.1 Å². The lowest BCUT2D eigenvalue weighted by Crippen LogP contribution is -2.40. The molecule has 0 aromatic heterocycles. The van der Waals surface area contributed by atoms with E-state index in [0.29, 0.717) is 6.42 Å². The molecule has 1 fully saturated rings. The molecule has 1 saturated carbocycles. The average Bonchev–Trinajstić information content (AvgIpc) is 1.99. The standard InChI is InChI=1S/C9H21O4PSi/c1-15(2,3)13-8-6-4-5-7-9(8)14(10,11)12/h8-9H,4-7H2,1-3H3,(H2,10,11,12). The molecule has 0 aromatic rings. The first kappa shape index (κ1) is 13.4. The Morgan fingerprint density at radius 2 is 1.73 bits per heavy atom. The first-order valence-corrected chi connectivity index (χ1v) is 10.5. The summed E-state index contributed by atoms with van der Waals surface area (Å²) in [5.74, 6) is 0. The lowest BCUT2D eigenvalue weighted by atomic mass is 9.97. The molecular weight excluding hydrogens is 231 g/mol. The Morgan fingerprint density at radius 1 is 1.20 bits per heavy atom. The van der Waals surface area contributed by atoms with Gasteiger partial charge in [-0.25, -0.2) is 0 Å². The molecule has 1 aliphatic carbocycles. The zero-order valence-electron chi connectivity index (χ0n) is 9.64. The normalized spacial score (nSPS) is 29.1. The van der Waals surface area contributed by atoms with Crippen LogP contribution in [-0.4, -0.2) is 29.9 Å². The van der Waals surface area contributed by atoms with E-state index in [1.165, 1.54) is 0 Å². The molecule has 0 saturated heterocycles. The molecule has 15 heavy (non-hydrogen) atoms. The summed E-state index contributed by atoms with van der Waals surface area (Å²) in [6, 6.07) is 0. The molecule has 1 aliphatic rings. The van der Waals surface area contributed by atoms with Crippen molar-refractivity contribution in [1.82, 2.24) is 0 Å². The van der Waals surface area contributed by atoms with Gasteiger partial charge in [0.1, 0.15) is 0 Å². The first-order valence-electron chi connectivity index (χ1n) is 5.43. The molecule has 0 spiro atoms. The second-order valence-corrected chi connectivity index (χ2v) is 11.5. The fourth-order valence-electron chi connectivity index (χ4n) is 2.05. The third-order valence-corrected chi connectivity index (χ3v) is 5.07. The van der Waals surface area contributed by atoms with Gasteiger partial charge in [0, 0.05) is 0 Å². The van der Waals surface area contributed by atoms with Crippen molar-refractivity contribution in [3.63, 3.8) is 0 Å². The van der Waals surface area contributed by atoms with E-state index in [1.54, 1.807) is 0 Å². The van der Waals surface area contributed by atoms with Crippen molar-refractivity contribution >= 4 is 15.9 Å². The summed E-state index contributed by atoms with van der Waals surface area (Å²) in [5, 5.41) is 0. The highest BCUT2D eigenvalue weighted by Gasteiger charge is 2.40. The molecule has 0 bridgehead atoms. The molecule has 2 unspecified atom stereocenters. The highest BCUT2D eigenvalue weighted by atomic mass is 31.2. The topological polar surface area (TPSA) is 66.8 Å². The summed E-state index contributed by atoms with van der Waals surface area (Å²) in [4.78, 5) is 18.5. The Hall–Kier alpha value is 0.327. The third-order valence-electron chi connectivity index (χ3n) is 2.60. The molecule has 4 nitrogen and oxygen atoms in total. The minimum atomic E-state index is -3.99. The lowest BCUT2D eigenvalue weighted by Gasteiger charge is -2.35. The smallest absolute Gasteiger partial charge is 0.331 e. The van der Waals surface area contributed by atoms with E-state index in [2.05, 4.69) is 19.6 Å². The van der Waals surface area contributed by atoms with Crippen LogP contribution in [0.1, 0.15) is 25.7 Å². The van der Waals surface area contributed by atoms with Crippen LogP contribution in [0, 0.1) is 0 Å². The second-order valence-electron chi connectivity index (χ2n) is 5.21. The van der Waals surface area contributed by atoms with Gasteiger partial charge in [0.25, 0.3) is 0 Å². The van der Waals surface area contributed by atoms with Gasteiger partial charge in [-0.15, -0.1) is 0 Å². The Kier molecular flexibility index (Phi) is 4.17. The monoisotopic (exact) mass is 252 g/mol. The van der Waals surface area contributed by atoms with Gasteiger partial charge in [-0.3, -0.25) is 4.57 Å². The summed E-state index contributed by atoms with van der Waals surface area (Å²) >= 11 is 0. The van der Waals surface area contributed by atoms with E-state index in [9.17, 15) is 14.4 Å². The lowest BCUT2D eigenvalue weighted by molar-refractivity contribution is 0.139. The molecule has 1 rings (SSSR count). The van der Waals surface area contributed by atoms with Crippen molar-refractivity contribution in [1.29, 1.82) is 0 Å². The van der Waals surface area contributed by atoms with Crippen molar-refractivity contribution in [2.75, 3.05) is 0 Å². The Morgan fingerprint density at radius 3 is 2.20 bits per heavy atom. The zero-order chi connectivity index (χ0) is 11.7. The summed E-state index contributed by atoms with van der Waals surface area (Å²) in [7, 11) is -5.69. The van der Waals surface area contributed by atoms with Gasteiger partial charge in [0.05, 0.1) is 11.8 Å². The van der Waals surface area contributed by atoms with E-state index in [0.717, 1.165) is 19.3 Å². The van der Waals surface area contributed by atoms with E-state index in [4.69, 9.17) is 4.43 Å². The highest BCUT2D eigenvalue weighted by Crippen LogP contribution is 2.49. The number of hydrogen-bond donors (Lipinski definition) is 2. The van der Waals surface area contributed by atoms with Crippen LogP contribution in [0.15, 0.2) is 0 Å². The molecule has 90 valence electrons. The van der Waals surface area contributed by atoms with Crippen LogP contribution < -0.4 is 0 Å². The van der Waals surface area contributed by atoms with Crippen LogP contribution >= 0.6 is 7.60 Å². The van der Waals surface area contributed by atoms with Gasteiger partial charge in [0.15, 0.2) is 8.32 Å². The predicted octanol–water partition coefficient (Wildman–Crippen LogP) is 2.33. The average molecular weight is 252 g/mol. The molecule has 2 atom stereocenters. The van der Waals surface area contributed by atoms with Crippen molar-refractivity contribution in [3.8, 4) is 0 Å². The summed E-state index contributed by atoms with van der Waals surface area (Å²) < 4.78 is 17.2. The molecule has 0 aliphatic heterocycles. The van der Waals surface area contributed by atoms with Crippen LogP contribution in [0.2, 0.25) is 19.6 Å². The predicted molar refractivity (Wildman–Crippen MR) is 62.5 cm³/mol. The Labute approximate surface area is 92.3 Å². The van der Waals surface area contributed by atoms with E-state index >= 15 is 0 Å². The molecule has 0 aromatic carbocycles. The van der Waals surface area contributed by atoms with E-state index in [-0.39, 0.29) is 6.10 Å². The Balaban J connectivity index is 2.71. The van der Waals surface area contributed by atoms with Gasteiger partial charge in [-0.1, -0.05) is 12.8 Å². The van der Waals surface area contributed by atoms with Crippen molar-refractivity contribution < 1.29 is 18.8 Å². The zero-order valence-corrected chi connectivity index (χ0v) is 11.5. The van der Waals surface area contributed by atoms with Gasteiger partial charge in [-0.05, 0) is 32.5 Å². The summed E-state index contributed by atoms with van der Waals surface area (Å²) in [6.45, 7) is 6.16. The largest absolute Gasteiger partial charge is 0.414 e.